The van der Waals surface area contributed by atoms with E-state index in [-0.39, 0.29) is 5.97 Å². The Morgan fingerprint density at radius 1 is 1.00 bits per heavy atom. The van der Waals surface area contributed by atoms with Crippen LogP contribution in [0.25, 0.3) is 0 Å². The number of carbonyl (C=O) groups is 1. The van der Waals surface area contributed by atoms with E-state index in [1.165, 1.54) is 0 Å². The van der Waals surface area contributed by atoms with Gasteiger partial charge in [0.25, 0.3) is 0 Å². The van der Waals surface area contributed by atoms with Crippen LogP contribution in [0.5, 0.6) is 0 Å². The summed E-state index contributed by atoms with van der Waals surface area (Å²) in [5.74, 6) is 0.190. The molecule has 4 heteroatoms. The van der Waals surface area contributed by atoms with Gasteiger partial charge >= 0.3 is 5.97 Å². The molecule has 0 saturated carbocycles. The lowest BCUT2D eigenvalue weighted by molar-refractivity contribution is -0.165. The summed E-state index contributed by atoms with van der Waals surface area (Å²) in [6.07, 6.45) is 0. The van der Waals surface area contributed by atoms with E-state index in [2.05, 4.69) is 25.7 Å². The smallest absolute Gasteiger partial charge is 0.347 e. The van der Waals surface area contributed by atoms with Gasteiger partial charge in [0, 0.05) is 20.2 Å². The van der Waals surface area contributed by atoms with Crippen molar-refractivity contribution >= 4 is 5.97 Å². The Morgan fingerprint density at radius 2 is 1.52 bits per heavy atom. The van der Waals surface area contributed by atoms with Crippen molar-refractivity contribution in [2.24, 2.45) is 5.92 Å². The van der Waals surface area contributed by atoms with Crippen LogP contribution in [0.15, 0.2) is 60.7 Å². The summed E-state index contributed by atoms with van der Waals surface area (Å²) in [6, 6.07) is 19.0. The van der Waals surface area contributed by atoms with Gasteiger partial charge in [0.2, 0.25) is 5.60 Å². The lowest BCUT2D eigenvalue weighted by Gasteiger charge is -2.31. The SMILES string of the molecule is CCN(CCOC(=O)C(OC)(c1ccccc1)c1ccccc1)CC(C)C. The molecule has 0 amide bonds. The first-order valence-corrected chi connectivity index (χ1v) is 9.60. The Bertz CT molecular complexity index is 646. The van der Waals surface area contributed by atoms with Crippen molar-refractivity contribution in [3.63, 3.8) is 0 Å². The van der Waals surface area contributed by atoms with Gasteiger partial charge in [0.05, 0.1) is 0 Å². The number of rotatable bonds is 10. The topological polar surface area (TPSA) is 38.8 Å². The van der Waals surface area contributed by atoms with E-state index in [1.54, 1.807) is 7.11 Å². The normalized spacial score (nSPS) is 11.8. The van der Waals surface area contributed by atoms with Crippen molar-refractivity contribution in [2.45, 2.75) is 26.4 Å². The number of benzene rings is 2. The molecule has 4 nitrogen and oxygen atoms in total. The Kier molecular flexibility index (Phi) is 8.01. The molecule has 2 rings (SSSR count). The van der Waals surface area contributed by atoms with Gasteiger partial charge in [-0.1, -0.05) is 81.4 Å². The number of carbonyl (C=O) groups excluding carboxylic acids is 1. The minimum absolute atomic E-state index is 0.337. The van der Waals surface area contributed by atoms with Crippen LogP contribution in [-0.4, -0.2) is 44.2 Å². The Morgan fingerprint density at radius 3 is 1.93 bits per heavy atom. The van der Waals surface area contributed by atoms with Crippen LogP contribution in [0.2, 0.25) is 0 Å². The molecular weight excluding hydrogens is 338 g/mol. The zero-order valence-electron chi connectivity index (χ0n) is 16.9. The van der Waals surface area contributed by atoms with E-state index in [4.69, 9.17) is 9.47 Å². The van der Waals surface area contributed by atoms with Crippen molar-refractivity contribution in [3.05, 3.63) is 71.8 Å². The largest absolute Gasteiger partial charge is 0.462 e. The summed E-state index contributed by atoms with van der Waals surface area (Å²) in [7, 11) is 1.55. The third-order valence-electron chi connectivity index (χ3n) is 4.67. The maximum atomic E-state index is 13.2. The highest BCUT2D eigenvalue weighted by atomic mass is 16.6. The summed E-state index contributed by atoms with van der Waals surface area (Å²) < 4.78 is 11.5. The fourth-order valence-corrected chi connectivity index (χ4v) is 3.33. The molecule has 0 aliphatic heterocycles. The van der Waals surface area contributed by atoms with Crippen molar-refractivity contribution < 1.29 is 14.3 Å². The van der Waals surface area contributed by atoms with Gasteiger partial charge in [-0.05, 0) is 23.6 Å². The molecule has 0 atom stereocenters. The van der Waals surface area contributed by atoms with Crippen LogP contribution in [0.1, 0.15) is 31.9 Å². The van der Waals surface area contributed by atoms with Gasteiger partial charge < -0.3 is 9.47 Å². The molecular formula is C23H31NO3. The van der Waals surface area contributed by atoms with Gasteiger partial charge in [-0.2, -0.15) is 0 Å². The lowest BCUT2D eigenvalue weighted by atomic mass is 9.86. The Labute approximate surface area is 163 Å². The van der Waals surface area contributed by atoms with Crippen molar-refractivity contribution in [1.29, 1.82) is 0 Å². The number of esters is 1. The monoisotopic (exact) mass is 369 g/mol. The molecule has 2 aromatic rings. The van der Waals surface area contributed by atoms with Crippen LogP contribution in [0.3, 0.4) is 0 Å². The highest BCUT2D eigenvalue weighted by Gasteiger charge is 2.44. The Balaban J connectivity index is 2.22. The fourth-order valence-electron chi connectivity index (χ4n) is 3.33. The van der Waals surface area contributed by atoms with E-state index in [0.717, 1.165) is 24.2 Å². The second-order valence-electron chi connectivity index (χ2n) is 7.04. The van der Waals surface area contributed by atoms with E-state index in [9.17, 15) is 4.79 Å². The van der Waals surface area contributed by atoms with Gasteiger partial charge in [-0.3, -0.25) is 4.90 Å². The second kappa shape index (κ2) is 10.2. The standard InChI is InChI=1S/C23H31NO3/c1-5-24(18-19(2)3)16-17-27-22(25)23(26-4,20-12-8-6-9-13-20)21-14-10-7-11-15-21/h6-15,19H,5,16-18H2,1-4H3. The molecule has 0 aliphatic rings. The summed E-state index contributed by atoms with van der Waals surface area (Å²) in [5, 5.41) is 0. The number of methoxy groups -OCH3 is 1. The third-order valence-corrected chi connectivity index (χ3v) is 4.67. The molecule has 2 aromatic carbocycles. The molecule has 0 bridgehead atoms. The van der Waals surface area contributed by atoms with Crippen LogP contribution in [0, 0.1) is 5.92 Å². The summed E-state index contributed by atoms with van der Waals surface area (Å²) >= 11 is 0. The van der Waals surface area contributed by atoms with E-state index in [1.807, 2.05) is 60.7 Å². The summed E-state index contributed by atoms with van der Waals surface area (Å²) in [4.78, 5) is 15.5. The fraction of sp³-hybridized carbons (Fsp3) is 0.435. The number of nitrogens with zero attached hydrogens (tertiary/aromatic N) is 1. The molecule has 27 heavy (non-hydrogen) atoms. The van der Waals surface area contributed by atoms with Gasteiger partial charge in [-0.15, -0.1) is 0 Å². The molecule has 0 N–H and O–H groups in total. The Hall–Kier alpha value is -2.17. The third kappa shape index (κ3) is 5.18. The van der Waals surface area contributed by atoms with E-state index in [0.29, 0.717) is 19.1 Å². The molecule has 0 saturated heterocycles. The minimum Gasteiger partial charge on any atom is -0.462 e. The molecule has 0 fully saturated rings. The van der Waals surface area contributed by atoms with Gasteiger partial charge in [0.1, 0.15) is 6.61 Å². The molecule has 0 aliphatic carbocycles. The molecule has 0 spiro atoms. The predicted molar refractivity (Wildman–Crippen MR) is 109 cm³/mol. The van der Waals surface area contributed by atoms with Crippen LogP contribution < -0.4 is 0 Å². The highest BCUT2D eigenvalue weighted by Crippen LogP contribution is 2.34. The zero-order valence-corrected chi connectivity index (χ0v) is 16.9. The summed E-state index contributed by atoms with van der Waals surface area (Å²) in [6.45, 7) is 9.47. The van der Waals surface area contributed by atoms with Crippen molar-refractivity contribution in [1.82, 2.24) is 4.90 Å². The quantitative estimate of drug-likeness (QED) is 0.591. The first-order chi connectivity index (χ1) is 13.0. The first-order valence-electron chi connectivity index (χ1n) is 9.60. The van der Waals surface area contributed by atoms with Crippen molar-refractivity contribution in [3.8, 4) is 0 Å². The van der Waals surface area contributed by atoms with Gasteiger partial charge in [0.15, 0.2) is 0 Å². The average molecular weight is 370 g/mol. The molecule has 146 valence electrons. The molecule has 0 radical (unpaired) electrons. The van der Waals surface area contributed by atoms with Crippen LogP contribution in [-0.2, 0) is 19.9 Å². The number of hydrogen-bond acceptors (Lipinski definition) is 4. The van der Waals surface area contributed by atoms with Crippen LogP contribution >= 0.6 is 0 Å². The predicted octanol–water partition coefficient (Wildman–Crippen LogP) is 4.10. The zero-order chi connectivity index (χ0) is 19.7. The second-order valence-corrected chi connectivity index (χ2v) is 7.04. The molecule has 0 heterocycles. The van der Waals surface area contributed by atoms with Crippen molar-refractivity contribution in [2.75, 3.05) is 33.4 Å². The first kappa shape index (κ1) is 21.1. The van der Waals surface area contributed by atoms with E-state index >= 15 is 0 Å². The van der Waals surface area contributed by atoms with Crippen LogP contribution in [0.4, 0.5) is 0 Å². The molecule has 0 aromatic heterocycles. The number of hydrogen-bond donors (Lipinski definition) is 0. The average Bonchev–Trinajstić information content (AvgIpc) is 2.69. The minimum atomic E-state index is -1.27. The molecule has 0 unspecified atom stereocenters. The van der Waals surface area contributed by atoms with Gasteiger partial charge in [-0.25, -0.2) is 4.79 Å². The van der Waals surface area contributed by atoms with E-state index < -0.39 is 5.60 Å². The number of ether oxygens (including phenoxy) is 2. The summed E-state index contributed by atoms with van der Waals surface area (Å²) in [5.41, 5.74) is 0.258. The lowest BCUT2D eigenvalue weighted by Crippen LogP contribution is -2.42. The maximum absolute atomic E-state index is 13.2. The number of likely N-dealkylation sites (N-methyl/N-ethyl adjacent to an activating group) is 1. The maximum Gasteiger partial charge on any atom is 0.347 e. The highest BCUT2D eigenvalue weighted by molar-refractivity contribution is 5.85.